The monoisotopic (exact) mass is 201 g/mol. The molecule has 1 aromatic heterocycles. The zero-order chi connectivity index (χ0) is 9.84. The second kappa shape index (κ2) is 4.46. The summed E-state index contributed by atoms with van der Waals surface area (Å²) in [5.41, 5.74) is 0.725. The third kappa shape index (κ3) is 2.59. The molecule has 1 N–H and O–H groups in total. The first-order chi connectivity index (χ1) is 6.17. The van der Waals surface area contributed by atoms with Gasteiger partial charge in [-0.05, 0) is 31.1 Å². The maximum atomic E-state index is 9.39. The summed E-state index contributed by atoms with van der Waals surface area (Å²) in [6.45, 7) is 6.00. The van der Waals surface area contributed by atoms with Crippen molar-refractivity contribution >= 4 is 11.3 Å². The second-order valence-electron chi connectivity index (χ2n) is 2.92. The van der Waals surface area contributed by atoms with Crippen molar-refractivity contribution in [3.8, 4) is 10.3 Å². The Kier molecular flexibility index (Phi) is 3.54. The Morgan fingerprint density at radius 3 is 2.69 bits per heavy atom. The number of hydrogen-bond acceptors (Lipinski definition) is 4. The molecule has 0 aromatic carbocycles. The molecule has 0 saturated heterocycles. The lowest BCUT2D eigenvalue weighted by Crippen LogP contribution is -2.09. The number of aromatic nitrogens is 1. The van der Waals surface area contributed by atoms with Crippen LogP contribution in [-0.4, -0.2) is 16.2 Å². The molecule has 1 unspecified atom stereocenters. The van der Waals surface area contributed by atoms with Crippen LogP contribution in [0, 0.1) is 0 Å². The summed E-state index contributed by atoms with van der Waals surface area (Å²) in [5.74, 6) is 0. The first-order valence-electron chi connectivity index (χ1n) is 4.52. The van der Waals surface area contributed by atoms with E-state index in [9.17, 15) is 5.11 Å². The van der Waals surface area contributed by atoms with Gasteiger partial charge in [-0.15, -0.1) is 0 Å². The van der Waals surface area contributed by atoms with Crippen LogP contribution in [0.4, 0.5) is 0 Å². The van der Waals surface area contributed by atoms with E-state index in [-0.39, 0.29) is 11.2 Å². The van der Waals surface area contributed by atoms with Gasteiger partial charge in [-0.25, -0.2) is 4.98 Å². The first-order valence-corrected chi connectivity index (χ1v) is 5.34. The maximum absolute atomic E-state index is 9.39. The Morgan fingerprint density at radius 1 is 1.54 bits per heavy atom. The van der Waals surface area contributed by atoms with Crippen LogP contribution in [0.25, 0.3) is 0 Å². The summed E-state index contributed by atoms with van der Waals surface area (Å²) in [6, 6.07) is 0. The fourth-order valence-electron chi connectivity index (χ4n) is 0.859. The van der Waals surface area contributed by atoms with E-state index in [1.54, 1.807) is 0 Å². The predicted molar refractivity (Wildman–Crippen MR) is 53.5 cm³/mol. The van der Waals surface area contributed by atoms with Crippen molar-refractivity contribution in [2.45, 2.75) is 39.7 Å². The van der Waals surface area contributed by atoms with Crippen molar-refractivity contribution in [1.29, 1.82) is 0 Å². The second-order valence-corrected chi connectivity index (χ2v) is 3.86. The first kappa shape index (κ1) is 10.3. The maximum Gasteiger partial charge on any atom is 0.277 e. The molecule has 0 aliphatic rings. The summed E-state index contributed by atoms with van der Waals surface area (Å²) >= 11 is 1.20. The zero-order valence-electron chi connectivity index (χ0n) is 8.20. The van der Waals surface area contributed by atoms with E-state index in [1.165, 1.54) is 11.3 Å². The molecule has 3 nitrogen and oxygen atoms in total. The minimum Gasteiger partial charge on any atom is -0.498 e. The molecule has 1 rings (SSSR count). The van der Waals surface area contributed by atoms with E-state index in [0.29, 0.717) is 5.19 Å². The molecule has 13 heavy (non-hydrogen) atoms. The highest BCUT2D eigenvalue weighted by Crippen LogP contribution is 2.32. The Bertz CT molecular complexity index is 273. The minimum atomic E-state index is 0.162. The Hall–Kier alpha value is -0.770. The Balaban J connectivity index is 2.67. The van der Waals surface area contributed by atoms with Crippen LogP contribution in [0.3, 0.4) is 0 Å². The van der Waals surface area contributed by atoms with Gasteiger partial charge in [0.05, 0.1) is 11.8 Å². The summed E-state index contributed by atoms with van der Waals surface area (Å²) in [7, 11) is 0. The van der Waals surface area contributed by atoms with Gasteiger partial charge in [0.15, 0.2) is 5.06 Å². The van der Waals surface area contributed by atoms with E-state index in [0.717, 1.165) is 18.5 Å². The van der Waals surface area contributed by atoms with Gasteiger partial charge in [0.2, 0.25) is 0 Å². The van der Waals surface area contributed by atoms with E-state index in [2.05, 4.69) is 11.9 Å². The van der Waals surface area contributed by atoms with Gasteiger partial charge in [-0.1, -0.05) is 13.8 Å². The normalized spacial score (nSPS) is 12.8. The van der Waals surface area contributed by atoms with E-state index in [4.69, 9.17) is 4.74 Å². The van der Waals surface area contributed by atoms with E-state index < -0.39 is 0 Å². The quantitative estimate of drug-likeness (QED) is 0.814. The van der Waals surface area contributed by atoms with Gasteiger partial charge >= 0.3 is 0 Å². The van der Waals surface area contributed by atoms with Crippen molar-refractivity contribution in [3.63, 3.8) is 0 Å². The van der Waals surface area contributed by atoms with Crippen molar-refractivity contribution in [2.75, 3.05) is 0 Å². The van der Waals surface area contributed by atoms with Crippen LogP contribution in [0.5, 0.6) is 10.3 Å². The van der Waals surface area contributed by atoms with Crippen LogP contribution >= 0.6 is 11.3 Å². The van der Waals surface area contributed by atoms with Crippen molar-refractivity contribution in [2.24, 2.45) is 0 Å². The van der Waals surface area contributed by atoms with Gasteiger partial charge in [-0.2, -0.15) is 0 Å². The molecule has 0 radical (unpaired) electrons. The summed E-state index contributed by atoms with van der Waals surface area (Å²) in [5, 5.41) is 10.2. The molecule has 0 aliphatic carbocycles. The third-order valence-electron chi connectivity index (χ3n) is 1.87. The van der Waals surface area contributed by atoms with Crippen molar-refractivity contribution in [3.05, 3.63) is 5.69 Å². The molecule has 74 valence electrons. The lowest BCUT2D eigenvalue weighted by atomic mass is 10.3. The Labute approximate surface area is 82.4 Å². The standard InChI is InChI=1S/C9H15NO2S/c1-4-6(3)12-9-10-7(5-2)8(11)13-9/h6,11H,4-5H2,1-3H3. The fourth-order valence-corrected chi connectivity index (χ4v) is 1.70. The molecular formula is C9H15NO2S. The highest BCUT2D eigenvalue weighted by atomic mass is 32.1. The smallest absolute Gasteiger partial charge is 0.277 e. The average molecular weight is 201 g/mol. The minimum absolute atomic E-state index is 0.162. The summed E-state index contributed by atoms with van der Waals surface area (Å²) in [6.07, 6.45) is 1.85. The molecule has 0 aliphatic heterocycles. The van der Waals surface area contributed by atoms with E-state index >= 15 is 0 Å². The van der Waals surface area contributed by atoms with Crippen LogP contribution < -0.4 is 4.74 Å². The van der Waals surface area contributed by atoms with Crippen molar-refractivity contribution in [1.82, 2.24) is 4.98 Å². The van der Waals surface area contributed by atoms with Crippen molar-refractivity contribution < 1.29 is 9.84 Å². The van der Waals surface area contributed by atoms with Crippen LogP contribution in [-0.2, 0) is 6.42 Å². The number of rotatable bonds is 4. The Morgan fingerprint density at radius 2 is 2.23 bits per heavy atom. The molecule has 0 fully saturated rings. The highest BCUT2D eigenvalue weighted by Gasteiger charge is 2.10. The highest BCUT2D eigenvalue weighted by molar-refractivity contribution is 7.15. The van der Waals surface area contributed by atoms with Crippen LogP contribution in [0.1, 0.15) is 32.9 Å². The number of nitrogens with zero attached hydrogens (tertiary/aromatic N) is 1. The molecule has 1 atom stereocenters. The number of aryl methyl sites for hydroxylation is 1. The van der Waals surface area contributed by atoms with Gasteiger partial charge in [-0.3, -0.25) is 0 Å². The van der Waals surface area contributed by atoms with Gasteiger partial charge in [0, 0.05) is 0 Å². The largest absolute Gasteiger partial charge is 0.498 e. The lowest BCUT2D eigenvalue weighted by molar-refractivity contribution is 0.216. The van der Waals surface area contributed by atoms with Gasteiger partial charge in [0.1, 0.15) is 0 Å². The number of thiazole rings is 1. The lowest BCUT2D eigenvalue weighted by Gasteiger charge is -2.07. The molecule has 4 heteroatoms. The van der Waals surface area contributed by atoms with Crippen LogP contribution in [0.15, 0.2) is 0 Å². The molecule has 0 bridgehead atoms. The molecular weight excluding hydrogens is 186 g/mol. The molecule has 0 spiro atoms. The average Bonchev–Trinajstić information content (AvgIpc) is 2.46. The topological polar surface area (TPSA) is 42.4 Å². The molecule has 1 heterocycles. The summed E-state index contributed by atoms with van der Waals surface area (Å²) < 4.78 is 5.47. The van der Waals surface area contributed by atoms with Gasteiger partial charge < -0.3 is 9.84 Å². The fraction of sp³-hybridized carbons (Fsp3) is 0.667. The number of hydrogen-bond donors (Lipinski definition) is 1. The molecule has 0 saturated carbocycles. The molecule has 1 aromatic rings. The van der Waals surface area contributed by atoms with Gasteiger partial charge in [0.25, 0.3) is 5.19 Å². The SMILES string of the molecule is CCc1nc(OC(C)CC)sc1O. The number of aromatic hydroxyl groups is 1. The summed E-state index contributed by atoms with van der Waals surface area (Å²) in [4.78, 5) is 4.16. The predicted octanol–water partition coefficient (Wildman–Crippen LogP) is 2.59. The number of ether oxygens (including phenoxy) is 1. The third-order valence-corrected chi connectivity index (χ3v) is 2.66. The van der Waals surface area contributed by atoms with E-state index in [1.807, 2.05) is 13.8 Å². The van der Waals surface area contributed by atoms with Crippen LogP contribution in [0.2, 0.25) is 0 Å². The molecule has 0 amide bonds. The zero-order valence-corrected chi connectivity index (χ0v) is 9.02.